The van der Waals surface area contributed by atoms with Crippen molar-refractivity contribution in [1.29, 1.82) is 0 Å². The number of pyridine rings is 1. The smallest absolute Gasteiger partial charge is 0.294 e. The number of nitro groups is 1. The number of hydrogen-bond acceptors (Lipinski definition) is 5. The number of benzene rings is 1. The van der Waals surface area contributed by atoms with Gasteiger partial charge >= 0.3 is 0 Å². The molecule has 1 N–H and O–H groups in total. The number of aromatic nitrogens is 1. The molecule has 1 unspecified atom stereocenters. The minimum atomic E-state index is -0.718. The number of carbonyl (C=O) groups excluding carboxylic acids is 1. The van der Waals surface area contributed by atoms with Crippen LogP contribution in [-0.2, 0) is 4.79 Å². The van der Waals surface area contributed by atoms with Crippen molar-refractivity contribution in [1.82, 2.24) is 15.2 Å². The van der Waals surface area contributed by atoms with Crippen molar-refractivity contribution in [2.24, 2.45) is 0 Å². The number of rotatable bonds is 2. The molecule has 7 nitrogen and oxygen atoms in total. The van der Waals surface area contributed by atoms with Crippen LogP contribution >= 0.6 is 11.6 Å². The van der Waals surface area contributed by atoms with Crippen molar-refractivity contribution in [3.8, 4) is 0 Å². The Morgan fingerprint density at radius 3 is 2.96 bits per heavy atom. The molecule has 1 fully saturated rings. The highest BCUT2D eigenvalue weighted by molar-refractivity contribution is 6.30. The van der Waals surface area contributed by atoms with Crippen LogP contribution in [-0.4, -0.2) is 33.8 Å². The molecule has 0 bridgehead atoms. The van der Waals surface area contributed by atoms with E-state index in [-0.39, 0.29) is 29.0 Å². The van der Waals surface area contributed by atoms with E-state index in [2.05, 4.69) is 10.3 Å². The van der Waals surface area contributed by atoms with E-state index >= 15 is 0 Å². The molecule has 2 aliphatic heterocycles. The van der Waals surface area contributed by atoms with Crippen molar-refractivity contribution in [2.75, 3.05) is 13.1 Å². The first-order valence-corrected chi connectivity index (χ1v) is 8.33. The maximum atomic E-state index is 12.4. The summed E-state index contributed by atoms with van der Waals surface area (Å²) < 4.78 is 0. The van der Waals surface area contributed by atoms with Gasteiger partial charge in [-0.2, -0.15) is 0 Å². The molecule has 3 heterocycles. The average Bonchev–Trinajstić information content (AvgIpc) is 3.04. The van der Waals surface area contributed by atoms with Crippen molar-refractivity contribution in [2.45, 2.75) is 19.3 Å². The fourth-order valence-electron chi connectivity index (χ4n) is 3.52. The van der Waals surface area contributed by atoms with E-state index in [1.165, 1.54) is 4.90 Å². The van der Waals surface area contributed by atoms with Crippen LogP contribution in [0.5, 0.6) is 0 Å². The number of carbonyl (C=O) groups is 1. The number of allylic oxidation sites excluding steroid dienone is 1. The van der Waals surface area contributed by atoms with Crippen LogP contribution in [0.25, 0.3) is 10.9 Å². The summed E-state index contributed by atoms with van der Waals surface area (Å²) in [6, 6.07) is 7.55. The van der Waals surface area contributed by atoms with Gasteiger partial charge in [0.1, 0.15) is 5.15 Å². The molecular formula is C17H15ClN4O3. The van der Waals surface area contributed by atoms with E-state index in [1.54, 1.807) is 0 Å². The zero-order chi connectivity index (χ0) is 17.7. The third kappa shape index (κ3) is 2.51. The number of nitrogens with zero attached hydrogens (tertiary/aromatic N) is 3. The van der Waals surface area contributed by atoms with Gasteiger partial charge in [-0.25, -0.2) is 4.98 Å². The predicted octanol–water partition coefficient (Wildman–Crippen LogP) is 2.56. The number of hydrogen-bond donors (Lipinski definition) is 1. The van der Waals surface area contributed by atoms with E-state index < -0.39 is 10.8 Å². The second-order valence-corrected chi connectivity index (χ2v) is 6.64. The highest BCUT2D eigenvalue weighted by Crippen LogP contribution is 2.40. The molecule has 1 atom stereocenters. The molecule has 0 saturated carbocycles. The number of nitrogens with one attached hydrogen (secondary N) is 1. The molecule has 1 amide bonds. The molecule has 25 heavy (non-hydrogen) atoms. The van der Waals surface area contributed by atoms with Crippen LogP contribution in [0.4, 0.5) is 0 Å². The molecule has 0 aliphatic carbocycles. The van der Waals surface area contributed by atoms with E-state index in [0.717, 1.165) is 16.5 Å². The minimum absolute atomic E-state index is 0.0141. The first-order chi connectivity index (χ1) is 12.0. The lowest BCUT2D eigenvalue weighted by Gasteiger charge is -2.27. The molecule has 1 aromatic heterocycles. The van der Waals surface area contributed by atoms with Crippen LogP contribution in [0.1, 0.15) is 23.5 Å². The van der Waals surface area contributed by atoms with Gasteiger partial charge in [0.05, 0.1) is 16.4 Å². The SMILES string of the molecule is Cc1ccc2nc(Cl)c(C3CC(=O)N4CCNC4=C3[N+](=O)[O-])cc2c1. The second kappa shape index (κ2) is 5.70. The summed E-state index contributed by atoms with van der Waals surface area (Å²) in [7, 11) is 0. The molecule has 1 saturated heterocycles. The van der Waals surface area contributed by atoms with Crippen LogP contribution < -0.4 is 5.32 Å². The molecule has 8 heteroatoms. The fraction of sp³-hybridized carbons (Fsp3) is 0.294. The Bertz CT molecular complexity index is 956. The number of amides is 1. The topological polar surface area (TPSA) is 88.4 Å². The van der Waals surface area contributed by atoms with Gasteiger partial charge in [0, 0.05) is 30.5 Å². The van der Waals surface area contributed by atoms with Gasteiger partial charge in [0.15, 0.2) is 5.82 Å². The zero-order valence-corrected chi connectivity index (χ0v) is 14.2. The van der Waals surface area contributed by atoms with E-state index in [0.29, 0.717) is 18.7 Å². The summed E-state index contributed by atoms with van der Waals surface area (Å²) in [6.45, 7) is 2.91. The third-order valence-corrected chi connectivity index (χ3v) is 4.98. The number of halogens is 1. The van der Waals surface area contributed by atoms with E-state index in [1.807, 2.05) is 31.2 Å². The van der Waals surface area contributed by atoms with Gasteiger partial charge < -0.3 is 5.32 Å². The normalized spacial score (nSPS) is 20.0. The first-order valence-electron chi connectivity index (χ1n) is 7.95. The lowest BCUT2D eigenvalue weighted by Crippen LogP contribution is -2.37. The van der Waals surface area contributed by atoms with E-state index in [9.17, 15) is 14.9 Å². The predicted molar refractivity (Wildman–Crippen MR) is 92.6 cm³/mol. The monoisotopic (exact) mass is 358 g/mol. The molecule has 128 valence electrons. The van der Waals surface area contributed by atoms with Crippen molar-refractivity contribution < 1.29 is 9.72 Å². The summed E-state index contributed by atoms with van der Waals surface area (Å²) >= 11 is 6.34. The summed E-state index contributed by atoms with van der Waals surface area (Å²) in [6.07, 6.45) is 0.0141. The maximum absolute atomic E-state index is 12.4. The molecule has 0 spiro atoms. The maximum Gasteiger partial charge on any atom is 0.294 e. The third-order valence-electron chi connectivity index (χ3n) is 4.67. The standard InChI is InChI=1S/C17H15ClN4O3/c1-9-2-3-13-10(6-9)7-12(16(18)20-13)11-8-14(23)21-5-4-19-17(21)15(11)22(24)25/h2-3,6-7,11,19H,4-5,8H2,1H3. The van der Waals surface area contributed by atoms with Crippen LogP contribution in [0, 0.1) is 17.0 Å². The lowest BCUT2D eigenvalue weighted by atomic mass is 9.89. The van der Waals surface area contributed by atoms with Crippen LogP contribution in [0.3, 0.4) is 0 Å². The highest BCUT2D eigenvalue weighted by Gasteiger charge is 2.44. The van der Waals surface area contributed by atoms with E-state index in [4.69, 9.17) is 11.6 Å². The Hall–Kier alpha value is -2.67. The van der Waals surface area contributed by atoms with Crippen LogP contribution in [0.2, 0.25) is 5.15 Å². The Labute approximate surface area is 148 Å². The van der Waals surface area contributed by atoms with Gasteiger partial charge in [-0.15, -0.1) is 0 Å². The molecule has 4 rings (SSSR count). The number of fused-ring (bicyclic) bond motifs is 2. The summed E-state index contributed by atoms with van der Waals surface area (Å²) in [5.74, 6) is -0.577. The van der Waals surface area contributed by atoms with Crippen molar-refractivity contribution >= 4 is 28.4 Å². The molecule has 0 radical (unpaired) electrons. The van der Waals surface area contributed by atoms with Gasteiger partial charge in [0.25, 0.3) is 5.70 Å². The first kappa shape index (κ1) is 15.8. The van der Waals surface area contributed by atoms with Gasteiger partial charge in [-0.1, -0.05) is 23.2 Å². The quantitative estimate of drug-likeness (QED) is 0.506. The molecule has 1 aromatic carbocycles. The largest absolute Gasteiger partial charge is 0.364 e. The Morgan fingerprint density at radius 2 is 2.20 bits per heavy atom. The molecule has 2 aliphatic rings. The van der Waals surface area contributed by atoms with Crippen molar-refractivity contribution in [3.63, 3.8) is 0 Å². The zero-order valence-electron chi connectivity index (χ0n) is 13.5. The Morgan fingerprint density at radius 1 is 1.40 bits per heavy atom. The molecule has 2 aromatic rings. The second-order valence-electron chi connectivity index (χ2n) is 6.28. The Kier molecular flexibility index (Phi) is 3.61. The number of aryl methyl sites for hydroxylation is 1. The summed E-state index contributed by atoms with van der Waals surface area (Å²) in [5.41, 5.74) is 2.27. The fourth-order valence-corrected chi connectivity index (χ4v) is 3.80. The Balaban J connectivity index is 1.92. The van der Waals surface area contributed by atoms with Gasteiger partial charge in [-0.3, -0.25) is 19.8 Å². The van der Waals surface area contributed by atoms with Crippen LogP contribution in [0.15, 0.2) is 35.8 Å². The van der Waals surface area contributed by atoms with Gasteiger partial charge in [0.2, 0.25) is 5.91 Å². The summed E-state index contributed by atoms with van der Waals surface area (Å²) in [4.78, 5) is 29.5. The lowest BCUT2D eigenvalue weighted by molar-refractivity contribution is -0.433. The summed E-state index contributed by atoms with van der Waals surface area (Å²) in [5, 5.41) is 15.7. The molecular weight excluding hydrogens is 344 g/mol. The minimum Gasteiger partial charge on any atom is -0.364 e. The van der Waals surface area contributed by atoms with Gasteiger partial charge in [-0.05, 0) is 25.1 Å². The van der Waals surface area contributed by atoms with Crippen molar-refractivity contribution in [3.05, 3.63) is 62.2 Å². The highest BCUT2D eigenvalue weighted by atomic mass is 35.5. The average molecular weight is 359 g/mol.